The molecule has 0 aromatic carbocycles. The lowest BCUT2D eigenvalue weighted by molar-refractivity contribution is -0.140. The van der Waals surface area contributed by atoms with Gasteiger partial charge in [0.25, 0.3) is 0 Å². The van der Waals surface area contributed by atoms with Gasteiger partial charge in [0.2, 0.25) is 5.95 Å². The molecule has 0 unspecified atom stereocenters. The summed E-state index contributed by atoms with van der Waals surface area (Å²) in [5.74, 6) is -0.438. The summed E-state index contributed by atoms with van der Waals surface area (Å²) in [5, 5.41) is 20.4. The van der Waals surface area contributed by atoms with Crippen LogP contribution in [0.25, 0.3) is 0 Å². The van der Waals surface area contributed by atoms with Crippen LogP contribution in [0.5, 0.6) is 0 Å². The first-order valence-electron chi connectivity index (χ1n) is 6.41. The molecule has 0 saturated carbocycles. The molecular formula is C12H18N4O4. The molecule has 1 saturated heterocycles. The molecule has 20 heavy (non-hydrogen) atoms. The summed E-state index contributed by atoms with van der Waals surface area (Å²) >= 11 is 0. The molecule has 1 aliphatic heterocycles. The monoisotopic (exact) mass is 282 g/mol. The van der Waals surface area contributed by atoms with Crippen LogP contribution in [-0.2, 0) is 16.1 Å². The number of ether oxygens (including phenoxy) is 1. The van der Waals surface area contributed by atoms with Gasteiger partial charge in [-0.15, -0.1) is 0 Å². The van der Waals surface area contributed by atoms with Gasteiger partial charge >= 0.3 is 5.97 Å². The fourth-order valence-corrected chi connectivity index (χ4v) is 1.84. The van der Waals surface area contributed by atoms with Gasteiger partial charge in [0.1, 0.15) is 6.04 Å². The van der Waals surface area contributed by atoms with E-state index in [1.54, 1.807) is 12.4 Å². The van der Waals surface area contributed by atoms with Crippen molar-refractivity contribution in [3.05, 3.63) is 18.0 Å². The second-order valence-corrected chi connectivity index (χ2v) is 4.45. The minimum atomic E-state index is -1.08. The number of aliphatic carboxylic acids is 1. The molecule has 1 aromatic heterocycles. The highest BCUT2D eigenvalue weighted by Gasteiger charge is 2.16. The fourth-order valence-electron chi connectivity index (χ4n) is 1.84. The van der Waals surface area contributed by atoms with E-state index in [1.807, 2.05) is 4.90 Å². The van der Waals surface area contributed by atoms with Gasteiger partial charge in [-0.05, 0) is 0 Å². The SMILES string of the molecule is O=C(O)[C@@H](CO)NCc1cnc(N2CCOCC2)nc1. The third-order valence-electron chi connectivity index (χ3n) is 3.02. The molecule has 1 aliphatic rings. The van der Waals surface area contributed by atoms with Crippen molar-refractivity contribution in [2.75, 3.05) is 37.8 Å². The molecule has 1 aromatic rings. The van der Waals surface area contributed by atoms with Crippen LogP contribution >= 0.6 is 0 Å². The molecule has 2 heterocycles. The van der Waals surface area contributed by atoms with Crippen LogP contribution in [0.3, 0.4) is 0 Å². The fraction of sp³-hybridized carbons (Fsp3) is 0.583. The van der Waals surface area contributed by atoms with Gasteiger partial charge in [-0.1, -0.05) is 0 Å². The van der Waals surface area contributed by atoms with Crippen molar-refractivity contribution in [3.8, 4) is 0 Å². The molecule has 0 aliphatic carbocycles. The van der Waals surface area contributed by atoms with E-state index in [0.29, 0.717) is 25.7 Å². The number of carboxylic acid groups (broad SMARTS) is 1. The highest BCUT2D eigenvalue weighted by molar-refractivity contribution is 5.73. The lowest BCUT2D eigenvalue weighted by Gasteiger charge is -2.26. The normalized spacial score (nSPS) is 16.9. The molecule has 0 radical (unpaired) electrons. The van der Waals surface area contributed by atoms with Crippen molar-refractivity contribution in [2.24, 2.45) is 0 Å². The summed E-state index contributed by atoms with van der Waals surface area (Å²) in [4.78, 5) is 21.3. The minimum Gasteiger partial charge on any atom is -0.480 e. The third-order valence-corrected chi connectivity index (χ3v) is 3.02. The Hall–Kier alpha value is -1.77. The number of aliphatic hydroxyl groups is 1. The number of nitrogens with one attached hydrogen (secondary N) is 1. The number of rotatable bonds is 6. The van der Waals surface area contributed by atoms with Crippen LogP contribution in [0.2, 0.25) is 0 Å². The Balaban J connectivity index is 1.89. The molecule has 110 valence electrons. The Morgan fingerprint density at radius 1 is 1.40 bits per heavy atom. The van der Waals surface area contributed by atoms with Crippen molar-refractivity contribution in [1.82, 2.24) is 15.3 Å². The van der Waals surface area contributed by atoms with Gasteiger partial charge < -0.3 is 19.8 Å². The predicted molar refractivity (Wildman–Crippen MR) is 70.4 cm³/mol. The lowest BCUT2D eigenvalue weighted by atomic mass is 10.3. The molecule has 3 N–H and O–H groups in total. The van der Waals surface area contributed by atoms with Gasteiger partial charge in [0, 0.05) is 37.6 Å². The number of morpholine rings is 1. The Labute approximate surface area is 116 Å². The zero-order valence-electron chi connectivity index (χ0n) is 11.0. The van der Waals surface area contributed by atoms with Crippen molar-refractivity contribution in [1.29, 1.82) is 0 Å². The Morgan fingerprint density at radius 3 is 2.60 bits per heavy atom. The first kappa shape index (κ1) is 14.6. The number of aliphatic hydroxyl groups excluding tert-OH is 1. The third kappa shape index (κ3) is 3.86. The van der Waals surface area contributed by atoms with E-state index in [0.717, 1.165) is 18.7 Å². The molecule has 0 bridgehead atoms. The largest absolute Gasteiger partial charge is 0.480 e. The van der Waals surface area contributed by atoms with E-state index in [-0.39, 0.29) is 0 Å². The van der Waals surface area contributed by atoms with Crippen LogP contribution in [0, 0.1) is 0 Å². The van der Waals surface area contributed by atoms with Gasteiger partial charge in [0.05, 0.1) is 19.8 Å². The summed E-state index contributed by atoms with van der Waals surface area (Å²) < 4.78 is 5.26. The quantitative estimate of drug-likeness (QED) is 0.600. The van der Waals surface area contributed by atoms with Crippen molar-refractivity contribution in [3.63, 3.8) is 0 Å². The summed E-state index contributed by atoms with van der Waals surface area (Å²) in [6.45, 7) is 2.71. The maximum atomic E-state index is 10.7. The zero-order valence-corrected chi connectivity index (χ0v) is 11.0. The summed E-state index contributed by atoms with van der Waals surface area (Å²) in [5.41, 5.74) is 0.765. The van der Waals surface area contributed by atoms with Gasteiger partial charge in [-0.2, -0.15) is 0 Å². The number of anilines is 1. The number of hydrogen-bond donors (Lipinski definition) is 3. The van der Waals surface area contributed by atoms with E-state index in [2.05, 4.69) is 15.3 Å². The maximum absolute atomic E-state index is 10.7. The molecule has 8 heteroatoms. The van der Waals surface area contributed by atoms with Crippen LogP contribution in [0.4, 0.5) is 5.95 Å². The Kier molecular flexibility index (Phi) is 5.22. The van der Waals surface area contributed by atoms with E-state index in [4.69, 9.17) is 14.9 Å². The summed E-state index contributed by atoms with van der Waals surface area (Å²) in [7, 11) is 0. The van der Waals surface area contributed by atoms with E-state index in [1.165, 1.54) is 0 Å². The highest BCUT2D eigenvalue weighted by Crippen LogP contribution is 2.09. The molecule has 1 fully saturated rings. The number of carboxylic acids is 1. The molecule has 0 spiro atoms. The minimum absolute atomic E-state index is 0.293. The molecule has 1 atom stereocenters. The molecule has 0 amide bonds. The number of aromatic nitrogens is 2. The summed E-state index contributed by atoms with van der Waals surface area (Å²) in [6.07, 6.45) is 3.31. The van der Waals surface area contributed by atoms with Crippen LogP contribution in [-0.4, -0.2) is 65.1 Å². The average molecular weight is 282 g/mol. The van der Waals surface area contributed by atoms with Crippen molar-refractivity contribution in [2.45, 2.75) is 12.6 Å². The number of hydrogen-bond acceptors (Lipinski definition) is 7. The first-order valence-corrected chi connectivity index (χ1v) is 6.41. The van der Waals surface area contributed by atoms with Gasteiger partial charge in [-0.3, -0.25) is 10.1 Å². The molecule has 8 nitrogen and oxygen atoms in total. The molecular weight excluding hydrogens is 264 g/mol. The second-order valence-electron chi connectivity index (χ2n) is 4.45. The maximum Gasteiger partial charge on any atom is 0.323 e. The average Bonchev–Trinajstić information content (AvgIpc) is 2.49. The van der Waals surface area contributed by atoms with Crippen molar-refractivity contribution >= 4 is 11.9 Å². The summed E-state index contributed by atoms with van der Waals surface area (Å²) in [6, 6.07) is -0.978. The van der Waals surface area contributed by atoms with Crippen LogP contribution in [0.15, 0.2) is 12.4 Å². The topological polar surface area (TPSA) is 108 Å². The standard InChI is InChI=1S/C12H18N4O4/c17-8-10(11(18)19)13-5-9-6-14-12(15-7-9)16-1-3-20-4-2-16/h6-7,10,13,17H,1-5,8H2,(H,18,19)/t10-/m1/s1. The highest BCUT2D eigenvalue weighted by atomic mass is 16.5. The van der Waals surface area contributed by atoms with Crippen LogP contribution in [0.1, 0.15) is 5.56 Å². The van der Waals surface area contributed by atoms with Crippen molar-refractivity contribution < 1.29 is 19.7 Å². The van der Waals surface area contributed by atoms with Gasteiger partial charge in [0.15, 0.2) is 0 Å². The van der Waals surface area contributed by atoms with E-state index < -0.39 is 18.6 Å². The number of nitrogens with zero attached hydrogens (tertiary/aromatic N) is 3. The predicted octanol–water partition coefficient (Wildman–Crippen LogP) is -1.15. The van der Waals surface area contributed by atoms with E-state index >= 15 is 0 Å². The van der Waals surface area contributed by atoms with Gasteiger partial charge in [-0.25, -0.2) is 9.97 Å². The van der Waals surface area contributed by atoms with E-state index in [9.17, 15) is 4.79 Å². The first-order chi connectivity index (χ1) is 9.70. The Bertz CT molecular complexity index is 434. The number of carbonyl (C=O) groups is 1. The lowest BCUT2D eigenvalue weighted by Crippen LogP contribution is -2.39. The zero-order chi connectivity index (χ0) is 14.4. The van der Waals surface area contributed by atoms with Crippen LogP contribution < -0.4 is 10.2 Å². The second kappa shape index (κ2) is 7.13. The molecule has 2 rings (SSSR count). The Morgan fingerprint density at radius 2 is 2.05 bits per heavy atom. The smallest absolute Gasteiger partial charge is 0.323 e.